The maximum Gasteiger partial charge on any atom is 0.336 e. The van der Waals surface area contributed by atoms with Gasteiger partial charge in [0.1, 0.15) is 5.60 Å². The number of carbonyl (C=O) groups excluding carboxylic acids is 2. The zero-order chi connectivity index (χ0) is 12.6. The van der Waals surface area contributed by atoms with Gasteiger partial charge in [0.25, 0.3) is 0 Å². The predicted octanol–water partition coefficient (Wildman–Crippen LogP) is 0.311. The lowest BCUT2D eigenvalue weighted by molar-refractivity contribution is -0.164. The fourth-order valence-electron chi connectivity index (χ4n) is 1.43. The Morgan fingerprint density at radius 2 is 1.81 bits per heavy atom. The van der Waals surface area contributed by atoms with E-state index < -0.39 is 23.0 Å². The molecule has 0 saturated heterocycles. The Kier molecular flexibility index (Phi) is 3.28. The molecule has 1 saturated carbocycles. The number of rotatable bonds is 4. The first-order chi connectivity index (χ1) is 7.15. The van der Waals surface area contributed by atoms with Crippen LogP contribution in [0.3, 0.4) is 0 Å². The van der Waals surface area contributed by atoms with Crippen molar-refractivity contribution >= 4 is 11.9 Å². The smallest absolute Gasteiger partial charge is 0.336 e. The Bertz CT molecular complexity index is 305. The minimum Gasteiger partial charge on any atom is -0.458 e. The van der Waals surface area contributed by atoms with Gasteiger partial charge in [0, 0.05) is 0 Å². The van der Waals surface area contributed by atoms with E-state index in [4.69, 9.17) is 16.2 Å². The van der Waals surface area contributed by atoms with Crippen LogP contribution < -0.4 is 11.5 Å². The summed E-state index contributed by atoms with van der Waals surface area (Å²) in [6.45, 7) is 5.18. The molecule has 0 unspecified atom stereocenters. The molecule has 4 N–H and O–H groups in total. The summed E-state index contributed by atoms with van der Waals surface area (Å²) in [6.07, 6.45) is 2.28. The molecule has 1 fully saturated rings. The number of amides is 1. The van der Waals surface area contributed by atoms with Crippen LogP contribution in [0.4, 0.5) is 0 Å². The van der Waals surface area contributed by atoms with E-state index >= 15 is 0 Å². The fourth-order valence-corrected chi connectivity index (χ4v) is 1.43. The molecule has 0 spiro atoms. The lowest BCUT2D eigenvalue weighted by Gasteiger charge is -2.28. The highest BCUT2D eigenvalue weighted by Gasteiger charge is 2.47. The third kappa shape index (κ3) is 3.20. The van der Waals surface area contributed by atoms with E-state index in [1.807, 2.05) is 0 Å². The molecule has 5 nitrogen and oxygen atoms in total. The molecule has 0 heterocycles. The molecule has 0 bridgehead atoms. The van der Waals surface area contributed by atoms with Crippen molar-refractivity contribution in [3.05, 3.63) is 0 Å². The third-order valence-electron chi connectivity index (χ3n) is 2.51. The molecular weight excluding hydrogens is 208 g/mol. The number of hydrogen-bond donors (Lipinski definition) is 2. The summed E-state index contributed by atoms with van der Waals surface area (Å²) < 4.78 is 5.13. The van der Waals surface area contributed by atoms with Gasteiger partial charge in [-0.25, -0.2) is 4.79 Å². The van der Waals surface area contributed by atoms with Crippen LogP contribution >= 0.6 is 0 Å². The third-order valence-corrected chi connectivity index (χ3v) is 2.51. The average molecular weight is 228 g/mol. The number of nitrogens with two attached hydrogens (primary N) is 2. The molecule has 1 amide bonds. The van der Waals surface area contributed by atoms with Gasteiger partial charge >= 0.3 is 5.97 Å². The van der Waals surface area contributed by atoms with Gasteiger partial charge in [-0.05, 0) is 33.1 Å². The molecule has 0 aliphatic heterocycles. The molecule has 16 heavy (non-hydrogen) atoms. The van der Waals surface area contributed by atoms with E-state index in [9.17, 15) is 9.59 Å². The zero-order valence-electron chi connectivity index (χ0n) is 10.1. The number of esters is 1. The van der Waals surface area contributed by atoms with Gasteiger partial charge in [0.2, 0.25) is 5.91 Å². The summed E-state index contributed by atoms with van der Waals surface area (Å²) in [5.41, 5.74) is 8.65. The van der Waals surface area contributed by atoms with Gasteiger partial charge < -0.3 is 16.2 Å². The molecule has 1 aliphatic rings. The predicted molar refractivity (Wildman–Crippen MR) is 59.3 cm³/mol. The molecule has 1 atom stereocenters. The van der Waals surface area contributed by atoms with Crippen LogP contribution in [0.1, 0.15) is 40.0 Å². The number of primary amides is 1. The summed E-state index contributed by atoms with van der Waals surface area (Å²) in [5, 5.41) is 0. The summed E-state index contributed by atoms with van der Waals surface area (Å²) >= 11 is 0. The molecule has 0 aromatic carbocycles. The van der Waals surface area contributed by atoms with Gasteiger partial charge in [-0.1, -0.05) is 12.8 Å². The van der Waals surface area contributed by atoms with Crippen molar-refractivity contribution in [1.82, 2.24) is 0 Å². The van der Waals surface area contributed by atoms with Crippen LogP contribution in [0.15, 0.2) is 0 Å². The standard InChI is InChI=1S/C11H20N2O3/c1-10(2,3)16-9(15)11(13,8(12)14)6-7-4-5-7/h7H,4-6,13H2,1-3H3,(H2,12,14)/t11-/m1/s1. The summed E-state index contributed by atoms with van der Waals surface area (Å²) in [7, 11) is 0. The van der Waals surface area contributed by atoms with Crippen LogP contribution in [0.5, 0.6) is 0 Å². The van der Waals surface area contributed by atoms with Gasteiger partial charge in [-0.3, -0.25) is 4.79 Å². The SMILES string of the molecule is CC(C)(C)OC(=O)[C@@](N)(CC1CC1)C(N)=O. The van der Waals surface area contributed by atoms with Crippen molar-refractivity contribution in [2.24, 2.45) is 17.4 Å². The highest BCUT2D eigenvalue weighted by atomic mass is 16.6. The zero-order valence-corrected chi connectivity index (χ0v) is 10.1. The normalized spacial score (nSPS) is 20.0. The highest BCUT2D eigenvalue weighted by Crippen LogP contribution is 2.36. The molecule has 0 radical (unpaired) electrons. The minimum atomic E-state index is -1.67. The maximum absolute atomic E-state index is 11.8. The van der Waals surface area contributed by atoms with Crippen molar-refractivity contribution in [1.29, 1.82) is 0 Å². The Hall–Kier alpha value is -1.10. The number of carbonyl (C=O) groups is 2. The van der Waals surface area contributed by atoms with Gasteiger partial charge in [0.15, 0.2) is 5.54 Å². The van der Waals surface area contributed by atoms with Crippen LogP contribution in [0.2, 0.25) is 0 Å². The highest BCUT2D eigenvalue weighted by molar-refractivity contribution is 6.06. The first-order valence-corrected chi connectivity index (χ1v) is 5.47. The van der Waals surface area contributed by atoms with Crippen molar-refractivity contribution in [3.8, 4) is 0 Å². The lowest BCUT2D eigenvalue weighted by atomic mass is 9.92. The number of hydrogen-bond acceptors (Lipinski definition) is 4. The van der Waals surface area contributed by atoms with Crippen molar-refractivity contribution in [2.75, 3.05) is 0 Å². The molecule has 1 aliphatic carbocycles. The Labute approximate surface area is 95.5 Å². The number of ether oxygens (including phenoxy) is 1. The van der Waals surface area contributed by atoms with Crippen molar-refractivity contribution in [2.45, 2.75) is 51.2 Å². The van der Waals surface area contributed by atoms with E-state index in [0.717, 1.165) is 12.8 Å². The van der Waals surface area contributed by atoms with E-state index in [0.29, 0.717) is 5.92 Å². The van der Waals surface area contributed by atoms with E-state index in [1.54, 1.807) is 20.8 Å². The largest absolute Gasteiger partial charge is 0.458 e. The Balaban J connectivity index is 2.75. The van der Waals surface area contributed by atoms with Gasteiger partial charge in [0.05, 0.1) is 0 Å². The summed E-state index contributed by atoms with van der Waals surface area (Å²) in [6, 6.07) is 0. The average Bonchev–Trinajstić information content (AvgIpc) is 2.84. The first-order valence-electron chi connectivity index (χ1n) is 5.47. The quantitative estimate of drug-likeness (QED) is 0.534. The molecule has 0 aromatic heterocycles. The molecular formula is C11H20N2O3. The molecule has 92 valence electrons. The lowest BCUT2D eigenvalue weighted by Crippen LogP contribution is -2.60. The van der Waals surface area contributed by atoms with Crippen molar-refractivity contribution in [3.63, 3.8) is 0 Å². The molecule has 1 rings (SSSR count). The summed E-state index contributed by atoms with van der Waals surface area (Å²) in [4.78, 5) is 23.1. The Morgan fingerprint density at radius 1 is 1.31 bits per heavy atom. The minimum absolute atomic E-state index is 0.289. The van der Waals surface area contributed by atoms with Gasteiger partial charge in [-0.15, -0.1) is 0 Å². The van der Waals surface area contributed by atoms with Crippen molar-refractivity contribution < 1.29 is 14.3 Å². The topological polar surface area (TPSA) is 95.4 Å². The van der Waals surface area contributed by atoms with E-state index in [1.165, 1.54) is 0 Å². The van der Waals surface area contributed by atoms with E-state index in [2.05, 4.69) is 0 Å². The first kappa shape index (κ1) is 13.0. The molecule has 5 heteroatoms. The van der Waals surface area contributed by atoms with Crippen LogP contribution in [0.25, 0.3) is 0 Å². The monoisotopic (exact) mass is 228 g/mol. The second kappa shape index (κ2) is 4.05. The van der Waals surface area contributed by atoms with Crippen LogP contribution in [-0.2, 0) is 14.3 Å². The second-order valence-electron chi connectivity index (χ2n) is 5.48. The fraction of sp³-hybridized carbons (Fsp3) is 0.818. The Morgan fingerprint density at radius 3 is 2.12 bits per heavy atom. The van der Waals surface area contributed by atoms with E-state index in [-0.39, 0.29) is 6.42 Å². The van der Waals surface area contributed by atoms with Crippen LogP contribution in [-0.4, -0.2) is 23.0 Å². The summed E-state index contributed by atoms with van der Waals surface area (Å²) in [5.74, 6) is -1.21. The van der Waals surface area contributed by atoms with Gasteiger partial charge in [-0.2, -0.15) is 0 Å². The maximum atomic E-state index is 11.8. The molecule has 0 aromatic rings. The van der Waals surface area contributed by atoms with Crippen LogP contribution in [0, 0.1) is 5.92 Å². The second-order valence-corrected chi connectivity index (χ2v) is 5.48.